The highest BCUT2D eigenvalue weighted by atomic mass is 35.5. The minimum atomic E-state index is -0.309. The Morgan fingerprint density at radius 1 is 1.46 bits per heavy atom. The van der Waals surface area contributed by atoms with Crippen LogP contribution < -0.4 is 5.73 Å². The molecule has 0 unspecified atom stereocenters. The van der Waals surface area contributed by atoms with E-state index in [1.165, 1.54) is 0 Å². The molecular weight excluding hydrogens is 189 g/mol. The Morgan fingerprint density at radius 2 is 2.15 bits per heavy atom. The number of benzene rings is 1. The first-order valence-electron chi connectivity index (χ1n) is 4.30. The van der Waals surface area contributed by atoms with Crippen molar-refractivity contribution in [2.75, 3.05) is 6.54 Å². The predicted molar refractivity (Wildman–Crippen MR) is 53.5 cm³/mol. The summed E-state index contributed by atoms with van der Waals surface area (Å²) in [4.78, 5) is 0. The van der Waals surface area contributed by atoms with Gasteiger partial charge in [0.2, 0.25) is 0 Å². The van der Waals surface area contributed by atoms with Crippen LogP contribution in [0.1, 0.15) is 17.5 Å². The molecule has 0 heterocycles. The maximum absolute atomic E-state index is 13.3. The van der Waals surface area contributed by atoms with Crippen LogP contribution in [0.25, 0.3) is 0 Å². The van der Waals surface area contributed by atoms with Gasteiger partial charge in [0.15, 0.2) is 0 Å². The zero-order chi connectivity index (χ0) is 9.84. The molecule has 0 aliphatic rings. The monoisotopic (exact) mass is 201 g/mol. The molecule has 0 spiro atoms. The van der Waals surface area contributed by atoms with E-state index in [0.717, 1.165) is 18.4 Å². The number of halogens is 2. The lowest BCUT2D eigenvalue weighted by atomic mass is 10.0. The van der Waals surface area contributed by atoms with Gasteiger partial charge in [-0.2, -0.15) is 0 Å². The van der Waals surface area contributed by atoms with E-state index in [1.54, 1.807) is 13.0 Å². The molecule has 0 atom stereocenters. The van der Waals surface area contributed by atoms with Gasteiger partial charge >= 0.3 is 0 Å². The van der Waals surface area contributed by atoms with Gasteiger partial charge in [-0.05, 0) is 43.5 Å². The summed E-state index contributed by atoms with van der Waals surface area (Å²) in [7, 11) is 0. The van der Waals surface area contributed by atoms with Gasteiger partial charge in [0.25, 0.3) is 0 Å². The smallest absolute Gasteiger partial charge is 0.144 e. The second kappa shape index (κ2) is 4.58. The Labute approximate surface area is 82.7 Å². The maximum atomic E-state index is 13.3. The van der Waals surface area contributed by atoms with E-state index in [9.17, 15) is 4.39 Å². The minimum absolute atomic E-state index is 0.189. The van der Waals surface area contributed by atoms with Gasteiger partial charge in [-0.25, -0.2) is 4.39 Å². The second-order valence-electron chi connectivity index (χ2n) is 3.04. The average Bonchev–Trinajstić information content (AvgIpc) is 2.13. The standard InChI is InChI=1S/C10H13ClFN/c1-7-8(3-2-6-13)4-5-9(11)10(7)12/h4-5H,2-3,6,13H2,1H3. The van der Waals surface area contributed by atoms with Crippen LogP contribution in [0.15, 0.2) is 12.1 Å². The SMILES string of the molecule is Cc1c(CCCN)ccc(Cl)c1F. The maximum Gasteiger partial charge on any atom is 0.144 e. The molecule has 0 aromatic heterocycles. The fourth-order valence-corrected chi connectivity index (χ4v) is 1.46. The summed E-state index contributed by atoms with van der Waals surface area (Å²) in [6, 6.07) is 3.45. The van der Waals surface area contributed by atoms with Crippen LogP contribution in [0.5, 0.6) is 0 Å². The fraction of sp³-hybridized carbons (Fsp3) is 0.400. The molecule has 0 fully saturated rings. The van der Waals surface area contributed by atoms with E-state index in [2.05, 4.69) is 0 Å². The molecule has 0 radical (unpaired) electrons. The topological polar surface area (TPSA) is 26.0 Å². The van der Waals surface area contributed by atoms with E-state index in [0.29, 0.717) is 12.1 Å². The molecule has 0 aliphatic carbocycles. The van der Waals surface area contributed by atoms with Crippen LogP contribution in [-0.4, -0.2) is 6.54 Å². The molecule has 3 heteroatoms. The van der Waals surface area contributed by atoms with Gasteiger partial charge in [0.05, 0.1) is 5.02 Å². The summed E-state index contributed by atoms with van der Waals surface area (Å²) in [6.07, 6.45) is 1.69. The van der Waals surface area contributed by atoms with Crippen LogP contribution in [0.3, 0.4) is 0 Å². The van der Waals surface area contributed by atoms with Gasteiger partial charge in [0, 0.05) is 0 Å². The first-order chi connectivity index (χ1) is 6.16. The van der Waals surface area contributed by atoms with Crippen LogP contribution in [0.2, 0.25) is 5.02 Å². The molecule has 0 bridgehead atoms. The molecule has 1 nitrogen and oxygen atoms in total. The number of nitrogens with two attached hydrogens (primary N) is 1. The Bertz CT molecular complexity index is 299. The van der Waals surface area contributed by atoms with Crippen LogP contribution in [0, 0.1) is 12.7 Å². The molecule has 0 saturated heterocycles. The molecule has 1 aromatic rings. The lowest BCUT2D eigenvalue weighted by Crippen LogP contribution is -2.02. The van der Waals surface area contributed by atoms with Crippen molar-refractivity contribution >= 4 is 11.6 Å². The van der Waals surface area contributed by atoms with Gasteiger partial charge in [-0.1, -0.05) is 17.7 Å². The van der Waals surface area contributed by atoms with Crippen LogP contribution >= 0.6 is 11.6 Å². The molecule has 1 rings (SSSR count). The van der Waals surface area contributed by atoms with Crippen molar-refractivity contribution in [2.24, 2.45) is 5.73 Å². The third kappa shape index (κ3) is 2.42. The van der Waals surface area contributed by atoms with Crippen molar-refractivity contribution in [1.82, 2.24) is 0 Å². The first-order valence-corrected chi connectivity index (χ1v) is 4.68. The van der Waals surface area contributed by atoms with Crippen LogP contribution in [-0.2, 0) is 6.42 Å². The first kappa shape index (κ1) is 10.5. The van der Waals surface area contributed by atoms with E-state index in [1.807, 2.05) is 6.07 Å². The minimum Gasteiger partial charge on any atom is -0.330 e. The average molecular weight is 202 g/mol. The van der Waals surface area contributed by atoms with E-state index < -0.39 is 0 Å². The predicted octanol–water partition coefficient (Wildman–Crippen LogP) is 2.68. The zero-order valence-corrected chi connectivity index (χ0v) is 8.37. The molecule has 2 N–H and O–H groups in total. The van der Waals surface area contributed by atoms with Crippen molar-refractivity contribution in [3.05, 3.63) is 34.1 Å². The molecule has 72 valence electrons. The summed E-state index contributed by atoms with van der Waals surface area (Å²) >= 11 is 5.62. The lowest BCUT2D eigenvalue weighted by Gasteiger charge is -2.06. The van der Waals surface area contributed by atoms with Gasteiger partial charge < -0.3 is 5.73 Å². The Balaban J connectivity index is 2.90. The second-order valence-corrected chi connectivity index (χ2v) is 3.44. The fourth-order valence-electron chi connectivity index (χ4n) is 1.26. The quantitative estimate of drug-likeness (QED) is 0.800. The summed E-state index contributed by atoms with van der Waals surface area (Å²) < 4.78 is 13.3. The molecule has 13 heavy (non-hydrogen) atoms. The Hall–Kier alpha value is -0.600. The highest BCUT2D eigenvalue weighted by Crippen LogP contribution is 2.21. The van der Waals surface area contributed by atoms with Crippen molar-refractivity contribution in [3.63, 3.8) is 0 Å². The molecule has 0 amide bonds. The highest BCUT2D eigenvalue weighted by Gasteiger charge is 2.07. The number of rotatable bonds is 3. The van der Waals surface area contributed by atoms with E-state index >= 15 is 0 Å². The van der Waals surface area contributed by atoms with Crippen molar-refractivity contribution in [1.29, 1.82) is 0 Å². The number of aryl methyl sites for hydroxylation is 1. The largest absolute Gasteiger partial charge is 0.330 e. The Morgan fingerprint density at radius 3 is 2.77 bits per heavy atom. The van der Waals surface area contributed by atoms with Crippen LogP contribution in [0.4, 0.5) is 4.39 Å². The van der Waals surface area contributed by atoms with Crippen molar-refractivity contribution in [2.45, 2.75) is 19.8 Å². The lowest BCUT2D eigenvalue weighted by molar-refractivity contribution is 0.614. The van der Waals surface area contributed by atoms with Gasteiger partial charge in [0.1, 0.15) is 5.82 Å². The third-order valence-corrected chi connectivity index (χ3v) is 2.39. The summed E-state index contributed by atoms with van der Waals surface area (Å²) in [6.45, 7) is 2.37. The summed E-state index contributed by atoms with van der Waals surface area (Å²) in [5, 5.41) is 0.189. The van der Waals surface area contributed by atoms with Gasteiger partial charge in [-0.15, -0.1) is 0 Å². The molecule has 1 aromatic carbocycles. The van der Waals surface area contributed by atoms with E-state index in [-0.39, 0.29) is 10.8 Å². The molecular formula is C10H13ClFN. The third-order valence-electron chi connectivity index (χ3n) is 2.10. The zero-order valence-electron chi connectivity index (χ0n) is 7.61. The van der Waals surface area contributed by atoms with Gasteiger partial charge in [-0.3, -0.25) is 0 Å². The van der Waals surface area contributed by atoms with Crippen molar-refractivity contribution in [3.8, 4) is 0 Å². The number of hydrogen-bond donors (Lipinski definition) is 1. The van der Waals surface area contributed by atoms with E-state index in [4.69, 9.17) is 17.3 Å². The Kier molecular flexibility index (Phi) is 3.70. The van der Waals surface area contributed by atoms with Crippen molar-refractivity contribution < 1.29 is 4.39 Å². The molecule has 0 saturated carbocycles. The summed E-state index contributed by atoms with van der Waals surface area (Å²) in [5.74, 6) is -0.309. The summed E-state index contributed by atoms with van der Waals surface area (Å²) in [5.41, 5.74) is 7.01. The highest BCUT2D eigenvalue weighted by molar-refractivity contribution is 6.30. The normalized spacial score (nSPS) is 10.5. The number of hydrogen-bond acceptors (Lipinski definition) is 1. The molecule has 0 aliphatic heterocycles.